The van der Waals surface area contributed by atoms with E-state index < -0.39 is 0 Å². The fraction of sp³-hybridized carbons (Fsp3) is 0.682. The Labute approximate surface area is 179 Å². The Morgan fingerprint density at radius 2 is 1.64 bits per heavy atom. The normalized spacial score (nSPS) is 19.8. The van der Waals surface area contributed by atoms with Gasteiger partial charge in [-0.1, -0.05) is 50.2 Å². The van der Waals surface area contributed by atoms with Crippen molar-refractivity contribution in [2.75, 3.05) is 17.8 Å². The summed E-state index contributed by atoms with van der Waals surface area (Å²) in [6.07, 6.45) is 15.0. The van der Waals surface area contributed by atoms with Gasteiger partial charge in [-0.25, -0.2) is 9.97 Å². The number of thioether (sulfide) groups is 2. The maximum atomic E-state index is 13.3. The lowest BCUT2D eigenvalue weighted by atomic mass is 9.74. The third-order valence-electron chi connectivity index (χ3n) is 5.82. The number of carbonyl (C=O) groups excluding carboxylic acids is 1. The molecule has 1 heterocycles. The van der Waals surface area contributed by atoms with Crippen molar-refractivity contribution in [2.45, 2.75) is 82.2 Å². The molecule has 1 aromatic heterocycles. The van der Waals surface area contributed by atoms with Gasteiger partial charge in [0.05, 0.1) is 0 Å². The van der Waals surface area contributed by atoms with Crippen LogP contribution in [-0.2, 0) is 4.79 Å². The Kier molecular flexibility index (Phi) is 9.86. The van der Waals surface area contributed by atoms with E-state index in [2.05, 4.69) is 36.1 Å². The molecule has 1 N–H and O–H groups in total. The third kappa shape index (κ3) is 6.24. The van der Waals surface area contributed by atoms with Gasteiger partial charge in [-0.3, -0.25) is 4.79 Å². The summed E-state index contributed by atoms with van der Waals surface area (Å²) < 4.78 is 0. The molecule has 1 aliphatic rings. The Hall–Kier alpha value is -1.01. The quantitative estimate of drug-likeness (QED) is 0.200. The molecule has 28 heavy (non-hydrogen) atoms. The van der Waals surface area contributed by atoms with Crippen molar-refractivity contribution in [3.63, 3.8) is 0 Å². The number of carbonyl (C=O) groups is 1. The summed E-state index contributed by atoms with van der Waals surface area (Å²) in [5, 5.41) is 4.87. The van der Waals surface area contributed by atoms with Crippen LogP contribution in [0.3, 0.4) is 0 Å². The fourth-order valence-electron chi connectivity index (χ4n) is 3.99. The number of nitrogens with one attached hydrogen (secondary N) is 1. The zero-order valence-electron chi connectivity index (χ0n) is 18.0. The molecule has 0 spiro atoms. The predicted molar refractivity (Wildman–Crippen MR) is 122 cm³/mol. The molecule has 0 saturated carbocycles. The average Bonchev–Trinajstić information content (AvgIpc) is 2.70. The van der Waals surface area contributed by atoms with Gasteiger partial charge in [0, 0.05) is 5.92 Å². The van der Waals surface area contributed by atoms with E-state index in [1.165, 1.54) is 43.3 Å². The lowest BCUT2D eigenvalue weighted by Gasteiger charge is -2.32. The smallest absolute Gasteiger partial charge is 0.228 e. The van der Waals surface area contributed by atoms with Crippen LogP contribution < -0.4 is 5.32 Å². The van der Waals surface area contributed by atoms with Crippen molar-refractivity contribution in [1.29, 1.82) is 0 Å². The van der Waals surface area contributed by atoms with Gasteiger partial charge in [0.2, 0.25) is 5.91 Å². The van der Waals surface area contributed by atoms with Crippen molar-refractivity contribution in [3.8, 4) is 0 Å². The Bertz CT molecular complexity index is 668. The van der Waals surface area contributed by atoms with Crippen molar-refractivity contribution in [3.05, 3.63) is 17.5 Å². The first-order valence-corrected chi connectivity index (χ1v) is 12.9. The van der Waals surface area contributed by atoms with Crippen molar-refractivity contribution in [2.24, 2.45) is 11.8 Å². The maximum absolute atomic E-state index is 13.3. The molecule has 0 radical (unpaired) electrons. The largest absolute Gasteiger partial charge is 0.321 e. The highest BCUT2D eigenvalue weighted by Crippen LogP contribution is 2.39. The topological polar surface area (TPSA) is 54.9 Å². The molecular formula is C22H35N3OS2. The number of hydrogen-bond acceptors (Lipinski definition) is 5. The summed E-state index contributed by atoms with van der Waals surface area (Å²) in [6, 6.07) is 0. The van der Waals surface area contributed by atoms with Crippen LogP contribution in [0.4, 0.5) is 5.69 Å². The lowest BCUT2D eigenvalue weighted by molar-refractivity contribution is -0.121. The van der Waals surface area contributed by atoms with Crippen LogP contribution in [0.25, 0.3) is 0 Å². The lowest BCUT2D eigenvalue weighted by Crippen LogP contribution is -2.33. The van der Waals surface area contributed by atoms with Crippen LogP contribution >= 0.6 is 23.5 Å². The van der Waals surface area contributed by atoms with Crippen molar-refractivity contribution in [1.82, 2.24) is 9.97 Å². The van der Waals surface area contributed by atoms with Gasteiger partial charge < -0.3 is 5.32 Å². The van der Waals surface area contributed by atoms with Gasteiger partial charge >= 0.3 is 0 Å². The van der Waals surface area contributed by atoms with Crippen molar-refractivity contribution < 1.29 is 4.79 Å². The van der Waals surface area contributed by atoms with Gasteiger partial charge in [0.1, 0.15) is 22.1 Å². The standard InChI is InChI=1S/C22H35N3OS2/c1-6-7-8-9-10-11-17-12-15(2)16(3)13-18(17)20(26)25-19-21(27-4)23-14-24-22(19)28-5/h14,17-18H,6-13H2,1-5H3,(H,25,26)/t17-,18-/m1/s1. The molecule has 6 heteroatoms. The average molecular weight is 422 g/mol. The molecule has 156 valence electrons. The second kappa shape index (κ2) is 11.9. The molecule has 1 aromatic rings. The molecule has 2 rings (SSSR count). The van der Waals surface area contributed by atoms with E-state index in [4.69, 9.17) is 0 Å². The molecule has 0 saturated heterocycles. The highest BCUT2D eigenvalue weighted by Gasteiger charge is 2.33. The van der Waals surface area contributed by atoms with E-state index in [0.717, 1.165) is 35.0 Å². The first-order valence-electron chi connectivity index (χ1n) is 10.4. The van der Waals surface area contributed by atoms with Crippen LogP contribution in [0.5, 0.6) is 0 Å². The van der Waals surface area contributed by atoms with Crippen LogP contribution in [0, 0.1) is 11.8 Å². The predicted octanol–water partition coefficient (Wildman–Crippen LogP) is 6.58. The number of hydrogen-bond donors (Lipinski definition) is 1. The first kappa shape index (κ1) is 23.3. The van der Waals surface area contributed by atoms with E-state index in [0.29, 0.717) is 5.92 Å². The van der Waals surface area contributed by atoms with E-state index >= 15 is 0 Å². The minimum Gasteiger partial charge on any atom is -0.321 e. The SMILES string of the molecule is CCCCCCC[C@@H]1CC(C)=C(C)C[C@H]1C(=O)Nc1c(SC)ncnc1SC. The molecule has 2 atom stereocenters. The fourth-order valence-corrected chi connectivity index (χ4v) is 5.06. The zero-order valence-corrected chi connectivity index (χ0v) is 19.6. The third-order valence-corrected chi connectivity index (χ3v) is 7.21. The number of rotatable bonds is 10. The number of aromatic nitrogens is 2. The molecular weight excluding hydrogens is 386 g/mol. The molecule has 0 fully saturated rings. The first-order chi connectivity index (χ1) is 13.5. The molecule has 1 aliphatic carbocycles. The monoisotopic (exact) mass is 421 g/mol. The van der Waals surface area contributed by atoms with Gasteiger partial charge in [-0.05, 0) is 51.5 Å². The molecule has 0 unspecified atom stereocenters. The number of unbranched alkanes of at least 4 members (excludes halogenated alkanes) is 4. The van der Waals surface area contributed by atoms with Crippen molar-refractivity contribution >= 4 is 35.1 Å². The van der Waals surface area contributed by atoms with Gasteiger partial charge in [0.25, 0.3) is 0 Å². The van der Waals surface area contributed by atoms with Crippen LogP contribution in [0.15, 0.2) is 27.5 Å². The van der Waals surface area contributed by atoms with Crippen LogP contribution in [0.2, 0.25) is 0 Å². The van der Waals surface area contributed by atoms with E-state index in [9.17, 15) is 4.79 Å². The highest BCUT2D eigenvalue weighted by atomic mass is 32.2. The van der Waals surface area contributed by atoms with E-state index in [1.54, 1.807) is 29.9 Å². The number of allylic oxidation sites excluding steroid dienone is 2. The molecule has 0 bridgehead atoms. The zero-order chi connectivity index (χ0) is 20.5. The summed E-state index contributed by atoms with van der Waals surface area (Å²) in [4.78, 5) is 22.0. The van der Waals surface area contributed by atoms with Crippen LogP contribution in [0.1, 0.15) is 72.1 Å². The number of nitrogens with zero attached hydrogens (tertiary/aromatic N) is 2. The second-order valence-electron chi connectivity index (χ2n) is 7.79. The molecule has 4 nitrogen and oxygen atoms in total. The minimum absolute atomic E-state index is 0.0412. The summed E-state index contributed by atoms with van der Waals surface area (Å²) in [5.41, 5.74) is 3.63. The number of anilines is 1. The summed E-state index contributed by atoms with van der Waals surface area (Å²) in [7, 11) is 0. The Morgan fingerprint density at radius 1 is 1.04 bits per heavy atom. The summed E-state index contributed by atoms with van der Waals surface area (Å²) >= 11 is 3.10. The minimum atomic E-state index is 0.0412. The Morgan fingerprint density at radius 3 is 2.25 bits per heavy atom. The van der Waals surface area contributed by atoms with Gasteiger partial charge in [0.15, 0.2) is 0 Å². The maximum Gasteiger partial charge on any atom is 0.228 e. The van der Waals surface area contributed by atoms with Gasteiger partial charge in [-0.15, -0.1) is 23.5 Å². The highest BCUT2D eigenvalue weighted by molar-refractivity contribution is 7.99. The second-order valence-corrected chi connectivity index (χ2v) is 9.38. The Balaban J connectivity index is 2.12. The number of amides is 1. The summed E-state index contributed by atoms with van der Waals surface area (Å²) in [5.74, 6) is 0.607. The van der Waals surface area contributed by atoms with E-state index in [1.807, 2.05) is 12.5 Å². The molecule has 0 aromatic carbocycles. The molecule has 1 amide bonds. The van der Waals surface area contributed by atoms with Gasteiger partial charge in [-0.2, -0.15) is 0 Å². The molecule has 0 aliphatic heterocycles. The summed E-state index contributed by atoms with van der Waals surface area (Å²) in [6.45, 7) is 6.66. The van der Waals surface area contributed by atoms with E-state index in [-0.39, 0.29) is 11.8 Å². The van der Waals surface area contributed by atoms with Crippen LogP contribution in [-0.4, -0.2) is 28.4 Å².